The first-order valence-corrected chi connectivity index (χ1v) is 7.31. The molecule has 0 fully saturated rings. The Bertz CT molecular complexity index is 783. The molecule has 0 aliphatic heterocycles. The van der Waals surface area contributed by atoms with Crippen LogP contribution < -0.4 is 11.1 Å². The molecule has 0 saturated carbocycles. The monoisotopic (exact) mass is 320 g/mol. The van der Waals surface area contributed by atoms with Gasteiger partial charge < -0.3 is 11.1 Å². The average Bonchev–Trinajstić information content (AvgIpc) is 2.80. The number of nitrogens with zero attached hydrogens (tertiary/aromatic N) is 2. The Balaban J connectivity index is 1.87. The number of fused-ring (bicyclic) bond motifs is 1. The molecule has 20 heavy (non-hydrogen) atoms. The van der Waals surface area contributed by atoms with E-state index in [1.54, 1.807) is 12.3 Å². The fourth-order valence-electron chi connectivity index (χ4n) is 1.69. The molecule has 7 heteroatoms. The molecule has 3 rings (SSSR count). The van der Waals surface area contributed by atoms with Crippen molar-refractivity contribution in [2.75, 3.05) is 5.32 Å². The van der Waals surface area contributed by atoms with Crippen molar-refractivity contribution in [3.63, 3.8) is 0 Å². The van der Waals surface area contributed by atoms with Gasteiger partial charge in [0.2, 0.25) is 0 Å². The molecule has 0 radical (unpaired) electrons. The lowest BCUT2D eigenvalue weighted by Crippen LogP contribution is -2.11. The van der Waals surface area contributed by atoms with E-state index in [2.05, 4.69) is 15.3 Å². The Morgan fingerprint density at radius 2 is 2.15 bits per heavy atom. The van der Waals surface area contributed by atoms with Gasteiger partial charge in [0, 0.05) is 5.02 Å². The first kappa shape index (κ1) is 13.2. The fraction of sp³-hybridized carbons (Fsp3) is 0. The Labute approximate surface area is 129 Å². The van der Waals surface area contributed by atoms with E-state index in [4.69, 9.17) is 29.6 Å². The Morgan fingerprint density at radius 3 is 2.85 bits per heavy atom. The van der Waals surface area contributed by atoms with Crippen LogP contribution in [0.2, 0.25) is 5.02 Å². The molecule has 2 aromatic heterocycles. The molecule has 2 heterocycles. The second kappa shape index (κ2) is 5.32. The number of anilines is 2. The van der Waals surface area contributed by atoms with E-state index in [9.17, 15) is 0 Å². The Hall–Kier alpha value is -1.76. The summed E-state index contributed by atoms with van der Waals surface area (Å²) < 4.78 is 1.03. The summed E-state index contributed by atoms with van der Waals surface area (Å²) in [5.41, 5.74) is 7.85. The fourth-order valence-corrected chi connectivity index (χ4v) is 2.97. The van der Waals surface area contributed by atoms with Gasteiger partial charge in [-0.25, -0.2) is 4.98 Å². The number of aromatic nitrogens is 2. The molecule has 0 aliphatic carbocycles. The SMILES string of the molecule is NC(=S)c1ccc(Nc2nc3ccc(Cl)cc3s2)cn1. The van der Waals surface area contributed by atoms with Crippen LogP contribution in [0.4, 0.5) is 10.8 Å². The number of hydrogen-bond acceptors (Lipinski definition) is 5. The molecule has 0 spiro atoms. The number of hydrogen-bond donors (Lipinski definition) is 2. The topological polar surface area (TPSA) is 63.8 Å². The van der Waals surface area contributed by atoms with Gasteiger partial charge in [0.15, 0.2) is 5.13 Å². The summed E-state index contributed by atoms with van der Waals surface area (Å²) in [4.78, 5) is 8.93. The molecule has 0 aliphatic rings. The van der Waals surface area contributed by atoms with Crippen molar-refractivity contribution in [3.05, 3.63) is 47.2 Å². The van der Waals surface area contributed by atoms with E-state index >= 15 is 0 Å². The predicted molar refractivity (Wildman–Crippen MR) is 88.0 cm³/mol. The lowest BCUT2D eigenvalue weighted by Gasteiger charge is -2.02. The Morgan fingerprint density at radius 1 is 1.30 bits per heavy atom. The highest BCUT2D eigenvalue weighted by Gasteiger charge is 2.05. The van der Waals surface area contributed by atoms with Gasteiger partial charge in [0.25, 0.3) is 0 Å². The van der Waals surface area contributed by atoms with Gasteiger partial charge in [0.05, 0.1) is 27.8 Å². The summed E-state index contributed by atoms with van der Waals surface area (Å²) in [7, 11) is 0. The minimum Gasteiger partial charge on any atom is -0.388 e. The van der Waals surface area contributed by atoms with Gasteiger partial charge in [-0.1, -0.05) is 35.2 Å². The molecular formula is C13H9ClN4S2. The number of nitrogens with two attached hydrogens (primary N) is 1. The zero-order valence-corrected chi connectivity index (χ0v) is 12.5. The maximum absolute atomic E-state index is 5.96. The quantitative estimate of drug-likeness (QED) is 0.720. The van der Waals surface area contributed by atoms with Crippen LogP contribution in [0, 0.1) is 0 Å². The van der Waals surface area contributed by atoms with Gasteiger partial charge in [0.1, 0.15) is 4.99 Å². The molecule has 0 amide bonds. The van der Waals surface area contributed by atoms with Crippen molar-refractivity contribution in [2.24, 2.45) is 5.73 Å². The minimum absolute atomic E-state index is 0.283. The first-order chi connectivity index (χ1) is 9.61. The number of benzene rings is 1. The van der Waals surface area contributed by atoms with Crippen LogP contribution in [-0.4, -0.2) is 15.0 Å². The molecule has 1 aromatic carbocycles. The Kier molecular flexibility index (Phi) is 3.52. The van der Waals surface area contributed by atoms with Crippen molar-refractivity contribution in [3.8, 4) is 0 Å². The highest BCUT2D eigenvalue weighted by atomic mass is 35.5. The van der Waals surface area contributed by atoms with E-state index in [0.717, 1.165) is 21.0 Å². The second-order valence-corrected chi connectivity index (χ2v) is 5.96. The predicted octanol–water partition coefficient (Wildman–Crippen LogP) is 3.72. The van der Waals surface area contributed by atoms with Crippen LogP contribution >= 0.6 is 35.2 Å². The van der Waals surface area contributed by atoms with Crippen molar-refractivity contribution in [1.29, 1.82) is 0 Å². The molecule has 0 unspecified atom stereocenters. The van der Waals surface area contributed by atoms with Crippen LogP contribution in [-0.2, 0) is 0 Å². The van der Waals surface area contributed by atoms with E-state index in [0.29, 0.717) is 10.7 Å². The molecule has 0 bridgehead atoms. The summed E-state index contributed by atoms with van der Waals surface area (Å²) in [6, 6.07) is 9.25. The lowest BCUT2D eigenvalue weighted by molar-refractivity contribution is 1.28. The summed E-state index contributed by atoms with van der Waals surface area (Å²) >= 11 is 12.4. The third-order valence-electron chi connectivity index (χ3n) is 2.62. The number of nitrogens with one attached hydrogen (secondary N) is 1. The summed E-state index contributed by atoms with van der Waals surface area (Å²) in [6.07, 6.45) is 1.67. The van der Waals surface area contributed by atoms with Crippen molar-refractivity contribution >= 4 is 61.2 Å². The van der Waals surface area contributed by atoms with Gasteiger partial charge in [-0.3, -0.25) is 4.98 Å². The van der Waals surface area contributed by atoms with Crippen LogP contribution in [0.15, 0.2) is 36.5 Å². The van der Waals surface area contributed by atoms with Crippen molar-refractivity contribution < 1.29 is 0 Å². The maximum atomic E-state index is 5.96. The molecule has 4 nitrogen and oxygen atoms in total. The molecule has 100 valence electrons. The second-order valence-electron chi connectivity index (χ2n) is 4.05. The van der Waals surface area contributed by atoms with E-state index in [1.165, 1.54) is 11.3 Å². The lowest BCUT2D eigenvalue weighted by atomic mass is 10.3. The molecule has 3 N–H and O–H groups in total. The van der Waals surface area contributed by atoms with Crippen LogP contribution in [0.5, 0.6) is 0 Å². The van der Waals surface area contributed by atoms with Crippen molar-refractivity contribution in [1.82, 2.24) is 9.97 Å². The minimum atomic E-state index is 0.283. The normalized spacial score (nSPS) is 10.7. The average molecular weight is 321 g/mol. The number of halogens is 1. The van der Waals surface area contributed by atoms with Gasteiger partial charge >= 0.3 is 0 Å². The zero-order chi connectivity index (χ0) is 14.1. The van der Waals surface area contributed by atoms with Gasteiger partial charge in [-0.15, -0.1) is 0 Å². The third kappa shape index (κ3) is 2.72. The third-order valence-corrected chi connectivity index (χ3v) is 4.00. The molecule has 0 saturated heterocycles. The molecule has 0 atom stereocenters. The summed E-state index contributed by atoms with van der Waals surface area (Å²) in [6.45, 7) is 0. The highest BCUT2D eigenvalue weighted by molar-refractivity contribution is 7.80. The largest absolute Gasteiger partial charge is 0.388 e. The van der Waals surface area contributed by atoms with Gasteiger partial charge in [-0.2, -0.15) is 0 Å². The number of pyridine rings is 1. The maximum Gasteiger partial charge on any atom is 0.188 e. The van der Waals surface area contributed by atoms with Crippen LogP contribution in [0.1, 0.15) is 5.69 Å². The highest BCUT2D eigenvalue weighted by Crippen LogP contribution is 2.29. The van der Waals surface area contributed by atoms with E-state index in [1.807, 2.05) is 24.3 Å². The van der Waals surface area contributed by atoms with Crippen LogP contribution in [0.25, 0.3) is 10.2 Å². The number of rotatable bonds is 3. The van der Waals surface area contributed by atoms with Gasteiger partial charge in [-0.05, 0) is 30.3 Å². The molecular weight excluding hydrogens is 312 g/mol. The van der Waals surface area contributed by atoms with Crippen molar-refractivity contribution in [2.45, 2.75) is 0 Å². The van der Waals surface area contributed by atoms with Crippen LogP contribution in [0.3, 0.4) is 0 Å². The standard InChI is InChI=1S/C13H9ClN4S2/c14-7-1-3-9-11(5-7)20-13(18-9)17-8-2-4-10(12(15)19)16-6-8/h1-6H,(H2,15,19)(H,17,18). The molecule has 3 aromatic rings. The number of thiazole rings is 1. The number of thiocarbonyl (C=S) groups is 1. The smallest absolute Gasteiger partial charge is 0.188 e. The summed E-state index contributed by atoms with van der Waals surface area (Å²) in [5.74, 6) is 0. The zero-order valence-electron chi connectivity index (χ0n) is 10.1. The van der Waals surface area contributed by atoms with E-state index in [-0.39, 0.29) is 4.99 Å². The summed E-state index contributed by atoms with van der Waals surface area (Å²) in [5, 5.41) is 4.68. The van der Waals surface area contributed by atoms with E-state index < -0.39 is 0 Å². The first-order valence-electron chi connectivity index (χ1n) is 5.71.